The minimum atomic E-state index is 0.375. The molecule has 3 nitrogen and oxygen atoms in total. The molecule has 1 aromatic rings. The van der Waals surface area contributed by atoms with Crippen molar-refractivity contribution in [2.24, 2.45) is 5.92 Å². The van der Waals surface area contributed by atoms with Crippen molar-refractivity contribution < 1.29 is 4.74 Å². The molecule has 1 aromatic carbocycles. The molecule has 0 spiro atoms. The van der Waals surface area contributed by atoms with Crippen LogP contribution in [0.1, 0.15) is 32.4 Å². The van der Waals surface area contributed by atoms with E-state index in [2.05, 4.69) is 50.2 Å². The zero-order chi connectivity index (χ0) is 14.3. The minimum absolute atomic E-state index is 0.375. The van der Waals surface area contributed by atoms with E-state index in [1.165, 1.54) is 5.56 Å². The van der Waals surface area contributed by atoms with Gasteiger partial charge in [-0.25, -0.2) is 0 Å². The van der Waals surface area contributed by atoms with E-state index in [9.17, 15) is 0 Å². The molecule has 0 bridgehead atoms. The zero-order valence-electron chi connectivity index (χ0n) is 12.9. The largest absolute Gasteiger partial charge is 0.497 e. The lowest BCUT2D eigenvalue weighted by molar-refractivity contribution is 0.263. The quantitative estimate of drug-likeness (QED) is 0.781. The Balaban J connectivity index is 2.69. The molecule has 0 aliphatic carbocycles. The molecule has 3 heteroatoms. The van der Waals surface area contributed by atoms with Crippen LogP contribution < -0.4 is 10.1 Å². The Labute approximate surface area is 118 Å². The van der Waals surface area contributed by atoms with Crippen LogP contribution in [0.25, 0.3) is 0 Å². The van der Waals surface area contributed by atoms with Crippen molar-refractivity contribution in [3.63, 3.8) is 0 Å². The van der Waals surface area contributed by atoms with E-state index in [-0.39, 0.29) is 0 Å². The topological polar surface area (TPSA) is 24.5 Å². The summed E-state index contributed by atoms with van der Waals surface area (Å²) < 4.78 is 5.21. The fourth-order valence-corrected chi connectivity index (χ4v) is 2.38. The SMILES string of the molecule is CCNC(CN(C)CC(C)C)c1ccc(OC)cc1. The van der Waals surface area contributed by atoms with E-state index in [4.69, 9.17) is 4.74 Å². The third-order valence-corrected chi connectivity index (χ3v) is 3.14. The van der Waals surface area contributed by atoms with Gasteiger partial charge >= 0.3 is 0 Å². The number of ether oxygens (including phenoxy) is 1. The highest BCUT2D eigenvalue weighted by Gasteiger charge is 2.13. The average molecular weight is 264 g/mol. The lowest BCUT2D eigenvalue weighted by Crippen LogP contribution is -2.34. The first kappa shape index (κ1) is 16.0. The molecule has 0 saturated heterocycles. The van der Waals surface area contributed by atoms with Gasteiger partial charge in [0.15, 0.2) is 0 Å². The molecule has 0 aliphatic rings. The molecule has 0 amide bonds. The Morgan fingerprint density at radius 1 is 1.16 bits per heavy atom. The predicted molar refractivity (Wildman–Crippen MR) is 81.7 cm³/mol. The Bertz CT molecular complexity index is 348. The monoisotopic (exact) mass is 264 g/mol. The molecule has 1 N–H and O–H groups in total. The smallest absolute Gasteiger partial charge is 0.118 e. The van der Waals surface area contributed by atoms with Crippen molar-refractivity contribution >= 4 is 0 Å². The van der Waals surface area contributed by atoms with Gasteiger partial charge in [0.05, 0.1) is 7.11 Å². The number of hydrogen-bond donors (Lipinski definition) is 1. The Morgan fingerprint density at radius 2 is 1.79 bits per heavy atom. The number of nitrogens with zero attached hydrogens (tertiary/aromatic N) is 1. The molecule has 0 radical (unpaired) electrons. The Morgan fingerprint density at radius 3 is 2.26 bits per heavy atom. The molecular formula is C16H28N2O. The predicted octanol–water partition coefficient (Wildman–Crippen LogP) is 2.93. The Hall–Kier alpha value is -1.06. The van der Waals surface area contributed by atoms with E-state index < -0.39 is 0 Å². The van der Waals surface area contributed by atoms with Gasteiger partial charge in [0.2, 0.25) is 0 Å². The van der Waals surface area contributed by atoms with Gasteiger partial charge in [-0.05, 0) is 37.2 Å². The number of methoxy groups -OCH3 is 1. The molecule has 1 atom stereocenters. The van der Waals surface area contributed by atoms with Crippen LogP contribution in [0.5, 0.6) is 5.75 Å². The fourth-order valence-electron chi connectivity index (χ4n) is 2.38. The fraction of sp³-hybridized carbons (Fsp3) is 0.625. The second-order valence-corrected chi connectivity index (χ2v) is 5.50. The maximum absolute atomic E-state index is 5.21. The van der Waals surface area contributed by atoms with Gasteiger partial charge in [0, 0.05) is 19.1 Å². The summed E-state index contributed by atoms with van der Waals surface area (Å²) in [6.45, 7) is 9.79. The van der Waals surface area contributed by atoms with Crippen LogP contribution in [0, 0.1) is 5.92 Å². The number of benzene rings is 1. The van der Waals surface area contributed by atoms with Crippen LogP contribution in [0.15, 0.2) is 24.3 Å². The molecule has 0 aliphatic heterocycles. The van der Waals surface area contributed by atoms with Crippen molar-refractivity contribution in [2.75, 3.05) is 33.8 Å². The summed E-state index contributed by atoms with van der Waals surface area (Å²) in [6, 6.07) is 8.73. The van der Waals surface area contributed by atoms with Crippen molar-refractivity contribution in [3.05, 3.63) is 29.8 Å². The summed E-state index contributed by atoms with van der Waals surface area (Å²) in [5, 5.41) is 3.56. The lowest BCUT2D eigenvalue weighted by Gasteiger charge is -2.26. The van der Waals surface area contributed by atoms with Crippen LogP contribution in [0.4, 0.5) is 0 Å². The van der Waals surface area contributed by atoms with Crippen LogP contribution in [-0.2, 0) is 0 Å². The van der Waals surface area contributed by atoms with Gasteiger partial charge < -0.3 is 15.0 Å². The Kier molecular flexibility index (Phi) is 6.89. The molecule has 1 unspecified atom stereocenters. The first-order valence-electron chi connectivity index (χ1n) is 7.12. The summed E-state index contributed by atoms with van der Waals surface area (Å²) in [6.07, 6.45) is 0. The number of likely N-dealkylation sites (N-methyl/N-ethyl adjacent to an activating group) is 2. The van der Waals surface area contributed by atoms with E-state index in [0.717, 1.165) is 25.4 Å². The highest BCUT2D eigenvalue weighted by Crippen LogP contribution is 2.18. The normalized spacial score (nSPS) is 13.0. The first-order valence-corrected chi connectivity index (χ1v) is 7.12. The number of hydrogen-bond acceptors (Lipinski definition) is 3. The highest BCUT2D eigenvalue weighted by atomic mass is 16.5. The summed E-state index contributed by atoms with van der Waals surface area (Å²) in [4.78, 5) is 2.39. The summed E-state index contributed by atoms with van der Waals surface area (Å²) in [7, 11) is 3.89. The third kappa shape index (κ3) is 5.62. The van der Waals surface area contributed by atoms with E-state index in [0.29, 0.717) is 12.0 Å². The summed E-state index contributed by atoms with van der Waals surface area (Å²) in [5.41, 5.74) is 1.32. The standard InChI is InChI=1S/C16H28N2O/c1-6-17-16(12-18(4)11-13(2)3)14-7-9-15(19-5)10-8-14/h7-10,13,16-17H,6,11-12H2,1-5H3. The molecule has 0 fully saturated rings. The number of nitrogens with one attached hydrogen (secondary N) is 1. The number of rotatable bonds is 8. The highest BCUT2D eigenvalue weighted by molar-refractivity contribution is 5.29. The van der Waals surface area contributed by atoms with Gasteiger partial charge in [-0.1, -0.05) is 32.9 Å². The van der Waals surface area contributed by atoms with Crippen LogP contribution in [-0.4, -0.2) is 38.7 Å². The molecular weight excluding hydrogens is 236 g/mol. The van der Waals surface area contributed by atoms with Crippen molar-refractivity contribution in [2.45, 2.75) is 26.8 Å². The van der Waals surface area contributed by atoms with Gasteiger partial charge in [-0.15, -0.1) is 0 Å². The van der Waals surface area contributed by atoms with E-state index in [1.807, 2.05) is 12.1 Å². The molecule has 19 heavy (non-hydrogen) atoms. The second kappa shape index (κ2) is 8.18. The van der Waals surface area contributed by atoms with Crippen LogP contribution in [0.2, 0.25) is 0 Å². The second-order valence-electron chi connectivity index (χ2n) is 5.50. The zero-order valence-corrected chi connectivity index (χ0v) is 12.9. The first-order chi connectivity index (χ1) is 9.06. The van der Waals surface area contributed by atoms with Crippen molar-refractivity contribution in [1.82, 2.24) is 10.2 Å². The molecule has 0 aromatic heterocycles. The third-order valence-electron chi connectivity index (χ3n) is 3.14. The summed E-state index contributed by atoms with van der Waals surface area (Å²) >= 11 is 0. The maximum atomic E-state index is 5.21. The van der Waals surface area contributed by atoms with E-state index in [1.54, 1.807) is 7.11 Å². The van der Waals surface area contributed by atoms with Gasteiger partial charge in [-0.3, -0.25) is 0 Å². The molecule has 1 rings (SSSR count). The molecule has 0 saturated carbocycles. The van der Waals surface area contributed by atoms with Gasteiger partial charge in [0.1, 0.15) is 5.75 Å². The van der Waals surface area contributed by atoms with E-state index >= 15 is 0 Å². The van der Waals surface area contributed by atoms with Crippen molar-refractivity contribution in [3.8, 4) is 5.75 Å². The van der Waals surface area contributed by atoms with Gasteiger partial charge in [-0.2, -0.15) is 0 Å². The summed E-state index contributed by atoms with van der Waals surface area (Å²) in [5.74, 6) is 1.61. The van der Waals surface area contributed by atoms with Crippen molar-refractivity contribution in [1.29, 1.82) is 0 Å². The molecule has 0 heterocycles. The lowest BCUT2D eigenvalue weighted by atomic mass is 10.1. The van der Waals surface area contributed by atoms with Crippen LogP contribution >= 0.6 is 0 Å². The van der Waals surface area contributed by atoms with Gasteiger partial charge in [0.25, 0.3) is 0 Å². The average Bonchev–Trinajstić information content (AvgIpc) is 2.37. The maximum Gasteiger partial charge on any atom is 0.118 e. The molecule has 108 valence electrons. The minimum Gasteiger partial charge on any atom is -0.497 e. The van der Waals surface area contributed by atoms with Crippen LogP contribution in [0.3, 0.4) is 0 Å².